The lowest BCUT2D eigenvalue weighted by atomic mass is 10.0. The number of halogens is 1. The SMILES string of the molecule is COc1cc(CC(=O)N2CCc3[nH]c4ccc(Cl)cc4c3C2)ccc1C. The average molecular weight is 369 g/mol. The maximum atomic E-state index is 12.8. The quantitative estimate of drug-likeness (QED) is 0.750. The number of fused-ring (bicyclic) bond motifs is 3. The van der Waals surface area contributed by atoms with E-state index in [1.54, 1.807) is 7.11 Å². The Morgan fingerprint density at radius 3 is 2.92 bits per heavy atom. The molecule has 2 heterocycles. The summed E-state index contributed by atoms with van der Waals surface area (Å²) in [5, 5.41) is 1.83. The molecule has 0 atom stereocenters. The second-order valence-electron chi connectivity index (χ2n) is 6.82. The maximum absolute atomic E-state index is 12.8. The van der Waals surface area contributed by atoms with Crippen LogP contribution in [-0.2, 0) is 24.2 Å². The number of hydrogen-bond donors (Lipinski definition) is 1. The van der Waals surface area contributed by atoms with Gasteiger partial charge in [-0.1, -0.05) is 23.7 Å². The molecule has 0 radical (unpaired) electrons. The predicted octanol–water partition coefficient (Wildman–Crippen LogP) is 4.27. The van der Waals surface area contributed by atoms with E-state index in [1.807, 2.05) is 48.2 Å². The number of hydrogen-bond acceptors (Lipinski definition) is 2. The van der Waals surface area contributed by atoms with Crippen LogP contribution in [0.3, 0.4) is 0 Å². The first-order valence-corrected chi connectivity index (χ1v) is 9.13. The largest absolute Gasteiger partial charge is 0.496 e. The molecule has 1 amide bonds. The fourth-order valence-corrected chi connectivity index (χ4v) is 3.83. The molecule has 4 nitrogen and oxygen atoms in total. The van der Waals surface area contributed by atoms with E-state index >= 15 is 0 Å². The zero-order valence-electron chi connectivity index (χ0n) is 14.9. The molecule has 0 saturated heterocycles. The summed E-state index contributed by atoms with van der Waals surface area (Å²) in [5.74, 6) is 0.959. The van der Waals surface area contributed by atoms with Crippen molar-refractivity contribution in [2.45, 2.75) is 26.3 Å². The Morgan fingerprint density at radius 2 is 2.12 bits per heavy atom. The van der Waals surface area contributed by atoms with Gasteiger partial charge >= 0.3 is 0 Å². The van der Waals surface area contributed by atoms with Gasteiger partial charge in [0.05, 0.1) is 13.5 Å². The Labute approximate surface area is 157 Å². The molecule has 2 aromatic carbocycles. The van der Waals surface area contributed by atoms with Crippen LogP contribution in [0.5, 0.6) is 5.75 Å². The molecule has 0 aliphatic carbocycles. The van der Waals surface area contributed by atoms with Crippen molar-refractivity contribution in [1.82, 2.24) is 9.88 Å². The van der Waals surface area contributed by atoms with Gasteiger partial charge in [0.2, 0.25) is 5.91 Å². The van der Waals surface area contributed by atoms with Crippen molar-refractivity contribution in [3.05, 3.63) is 63.8 Å². The van der Waals surface area contributed by atoms with Gasteiger partial charge in [-0.2, -0.15) is 0 Å². The monoisotopic (exact) mass is 368 g/mol. The summed E-state index contributed by atoms with van der Waals surface area (Å²) >= 11 is 6.16. The minimum absolute atomic E-state index is 0.137. The van der Waals surface area contributed by atoms with Gasteiger partial charge in [-0.05, 0) is 42.3 Å². The highest BCUT2D eigenvalue weighted by Gasteiger charge is 2.24. The van der Waals surface area contributed by atoms with Crippen LogP contribution in [0.2, 0.25) is 5.02 Å². The van der Waals surface area contributed by atoms with Crippen molar-refractivity contribution in [2.24, 2.45) is 0 Å². The smallest absolute Gasteiger partial charge is 0.227 e. The molecule has 26 heavy (non-hydrogen) atoms. The number of carbonyl (C=O) groups excluding carboxylic acids is 1. The molecule has 0 unspecified atom stereocenters. The first kappa shape index (κ1) is 17.0. The molecule has 0 spiro atoms. The van der Waals surface area contributed by atoms with Crippen molar-refractivity contribution in [2.75, 3.05) is 13.7 Å². The van der Waals surface area contributed by atoms with Gasteiger partial charge in [-0.25, -0.2) is 0 Å². The van der Waals surface area contributed by atoms with Gasteiger partial charge in [0.15, 0.2) is 0 Å². The number of H-pyrrole nitrogens is 1. The number of aromatic amines is 1. The topological polar surface area (TPSA) is 45.3 Å². The van der Waals surface area contributed by atoms with E-state index in [9.17, 15) is 4.79 Å². The van der Waals surface area contributed by atoms with Gasteiger partial charge in [0.1, 0.15) is 5.75 Å². The summed E-state index contributed by atoms with van der Waals surface area (Å²) < 4.78 is 5.37. The molecule has 134 valence electrons. The number of rotatable bonds is 3. The Morgan fingerprint density at radius 1 is 1.27 bits per heavy atom. The third-order valence-corrected chi connectivity index (χ3v) is 5.35. The lowest BCUT2D eigenvalue weighted by Gasteiger charge is -2.27. The zero-order valence-corrected chi connectivity index (χ0v) is 15.7. The highest BCUT2D eigenvalue weighted by atomic mass is 35.5. The minimum Gasteiger partial charge on any atom is -0.496 e. The fourth-order valence-electron chi connectivity index (χ4n) is 3.66. The summed E-state index contributed by atoms with van der Waals surface area (Å²) in [6.45, 7) is 3.35. The van der Waals surface area contributed by atoms with Crippen LogP contribution in [0.25, 0.3) is 10.9 Å². The van der Waals surface area contributed by atoms with Crippen LogP contribution in [0.1, 0.15) is 22.4 Å². The van der Waals surface area contributed by atoms with Gasteiger partial charge in [0, 0.05) is 46.7 Å². The van der Waals surface area contributed by atoms with E-state index in [0.29, 0.717) is 13.0 Å². The van der Waals surface area contributed by atoms with Gasteiger partial charge in [0.25, 0.3) is 0 Å². The average Bonchev–Trinajstić information content (AvgIpc) is 3.00. The molecule has 0 bridgehead atoms. The highest BCUT2D eigenvalue weighted by molar-refractivity contribution is 6.31. The summed E-state index contributed by atoms with van der Waals surface area (Å²) in [7, 11) is 1.66. The molecule has 1 N–H and O–H groups in total. The number of nitrogens with zero attached hydrogens (tertiary/aromatic N) is 1. The van der Waals surface area contributed by atoms with Gasteiger partial charge < -0.3 is 14.6 Å². The first-order valence-electron chi connectivity index (χ1n) is 8.75. The number of carbonyl (C=O) groups is 1. The van der Waals surface area contributed by atoms with E-state index in [4.69, 9.17) is 16.3 Å². The summed E-state index contributed by atoms with van der Waals surface area (Å²) in [4.78, 5) is 18.2. The lowest BCUT2D eigenvalue weighted by Crippen LogP contribution is -2.36. The predicted molar refractivity (Wildman–Crippen MR) is 104 cm³/mol. The van der Waals surface area contributed by atoms with Crippen LogP contribution in [0.15, 0.2) is 36.4 Å². The van der Waals surface area contributed by atoms with Crippen LogP contribution >= 0.6 is 11.6 Å². The molecular weight excluding hydrogens is 348 g/mol. The van der Waals surface area contributed by atoms with Crippen LogP contribution in [-0.4, -0.2) is 29.4 Å². The van der Waals surface area contributed by atoms with E-state index in [1.165, 1.54) is 11.3 Å². The number of aromatic nitrogens is 1. The van der Waals surface area contributed by atoms with Gasteiger partial charge in [-0.15, -0.1) is 0 Å². The van der Waals surface area contributed by atoms with Crippen molar-refractivity contribution >= 4 is 28.4 Å². The minimum atomic E-state index is 0.137. The molecule has 4 rings (SSSR count). The molecule has 5 heteroatoms. The standard InChI is InChI=1S/C21H21ClN2O2/c1-13-3-4-14(9-20(13)26-2)10-21(25)24-8-7-19-17(12-24)16-11-15(22)5-6-18(16)23-19/h3-6,9,11,23H,7-8,10,12H2,1-2H3. The summed E-state index contributed by atoms with van der Waals surface area (Å²) in [6.07, 6.45) is 1.22. The second kappa shape index (κ2) is 6.69. The molecule has 1 aliphatic rings. The Hall–Kier alpha value is -2.46. The number of aryl methyl sites for hydroxylation is 1. The molecule has 0 saturated carbocycles. The summed E-state index contributed by atoms with van der Waals surface area (Å²) in [6, 6.07) is 11.8. The molecule has 1 aliphatic heterocycles. The maximum Gasteiger partial charge on any atom is 0.227 e. The number of ether oxygens (including phenoxy) is 1. The number of amides is 1. The van der Waals surface area contributed by atoms with Crippen molar-refractivity contribution in [3.8, 4) is 5.75 Å². The Kier molecular flexibility index (Phi) is 4.37. The highest BCUT2D eigenvalue weighted by Crippen LogP contribution is 2.30. The number of methoxy groups -OCH3 is 1. The fraction of sp³-hybridized carbons (Fsp3) is 0.286. The normalized spacial score (nSPS) is 13.7. The first-order chi connectivity index (χ1) is 12.5. The third-order valence-electron chi connectivity index (χ3n) is 5.12. The zero-order chi connectivity index (χ0) is 18.3. The molecule has 0 fully saturated rings. The lowest BCUT2D eigenvalue weighted by molar-refractivity contribution is -0.131. The van der Waals surface area contributed by atoms with Crippen LogP contribution in [0, 0.1) is 6.92 Å². The third kappa shape index (κ3) is 3.06. The van der Waals surface area contributed by atoms with Crippen molar-refractivity contribution in [1.29, 1.82) is 0 Å². The molecular formula is C21H21ClN2O2. The Balaban J connectivity index is 1.55. The molecule has 1 aromatic heterocycles. The van der Waals surface area contributed by atoms with Gasteiger partial charge in [-0.3, -0.25) is 4.79 Å². The van der Waals surface area contributed by atoms with E-state index in [2.05, 4.69) is 4.98 Å². The number of benzene rings is 2. The Bertz CT molecular complexity index is 993. The number of nitrogens with one attached hydrogen (secondary N) is 1. The summed E-state index contributed by atoms with van der Waals surface area (Å²) in [5.41, 5.74) is 5.52. The van der Waals surface area contributed by atoms with Crippen LogP contribution < -0.4 is 4.74 Å². The van der Waals surface area contributed by atoms with E-state index < -0.39 is 0 Å². The van der Waals surface area contributed by atoms with Crippen molar-refractivity contribution in [3.63, 3.8) is 0 Å². The second-order valence-corrected chi connectivity index (χ2v) is 7.25. The van der Waals surface area contributed by atoms with Crippen molar-refractivity contribution < 1.29 is 9.53 Å². The van der Waals surface area contributed by atoms with Crippen LogP contribution in [0.4, 0.5) is 0 Å². The molecule has 3 aromatic rings. The van der Waals surface area contributed by atoms with E-state index in [0.717, 1.165) is 45.8 Å². The van der Waals surface area contributed by atoms with E-state index in [-0.39, 0.29) is 5.91 Å².